The second-order valence-electron chi connectivity index (χ2n) is 11.2. The van der Waals surface area contributed by atoms with Gasteiger partial charge in [0.2, 0.25) is 5.91 Å². The molecule has 2 aromatic rings. The zero-order chi connectivity index (χ0) is 27.3. The van der Waals surface area contributed by atoms with Crippen molar-refractivity contribution >= 4 is 17.7 Å². The molecular formula is C31H43NO5S. The van der Waals surface area contributed by atoms with Crippen molar-refractivity contribution in [3.63, 3.8) is 0 Å². The third-order valence-corrected chi connectivity index (χ3v) is 9.48. The summed E-state index contributed by atoms with van der Waals surface area (Å²) in [6.45, 7) is 2.07. The molecule has 6 nitrogen and oxygen atoms in total. The summed E-state index contributed by atoms with van der Waals surface area (Å²) in [5.41, 5.74) is 10.5. The Morgan fingerprint density at radius 1 is 0.974 bits per heavy atom. The zero-order valence-corrected chi connectivity index (χ0v) is 23.5. The van der Waals surface area contributed by atoms with Crippen molar-refractivity contribution in [1.82, 2.24) is 0 Å². The maximum absolute atomic E-state index is 11.9. The molecule has 5 atom stereocenters. The number of primary amides is 1. The summed E-state index contributed by atoms with van der Waals surface area (Å²) in [5, 5.41) is 31.1. The molecule has 4 rings (SSSR count). The third kappa shape index (κ3) is 6.62. The lowest BCUT2D eigenvalue weighted by molar-refractivity contribution is -0.200. The van der Waals surface area contributed by atoms with Gasteiger partial charge >= 0.3 is 0 Å². The van der Waals surface area contributed by atoms with E-state index >= 15 is 0 Å². The van der Waals surface area contributed by atoms with Crippen LogP contribution in [0.2, 0.25) is 0 Å². The first-order valence-corrected chi connectivity index (χ1v) is 15.2. The Hall–Kier alpha value is -1.90. The fourth-order valence-corrected chi connectivity index (χ4v) is 6.73. The average Bonchev–Trinajstić information content (AvgIpc) is 3.40. The molecular weight excluding hydrogens is 498 g/mol. The largest absolute Gasteiger partial charge is 0.387 e. The van der Waals surface area contributed by atoms with Gasteiger partial charge in [-0.3, -0.25) is 4.79 Å². The van der Waals surface area contributed by atoms with Gasteiger partial charge in [0.15, 0.2) is 0 Å². The molecule has 208 valence electrons. The minimum Gasteiger partial charge on any atom is -0.387 e. The molecule has 38 heavy (non-hydrogen) atoms. The highest BCUT2D eigenvalue weighted by molar-refractivity contribution is 7.99. The summed E-state index contributed by atoms with van der Waals surface area (Å²) < 4.78 is 5.96. The van der Waals surface area contributed by atoms with Gasteiger partial charge in [-0.15, -0.1) is 11.8 Å². The van der Waals surface area contributed by atoms with Crippen LogP contribution in [0.5, 0.6) is 0 Å². The molecule has 0 bridgehead atoms. The van der Waals surface area contributed by atoms with E-state index in [2.05, 4.69) is 31.2 Å². The van der Waals surface area contributed by atoms with Gasteiger partial charge in [0.25, 0.3) is 0 Å². The van der Waals surface area contributed by atoms with Crippen LogP contribution in [0, 0.1) is 12.3 Å². The van der Waals surface area contributed by atoms with Crippen LogP contribution in [0.4, 0.5) is 0 Å². The van der Waals surface area contributed by atoms with Crippen molar-refractivity contribution < 1.29 is 24.9 Å². The fourth-order valence-electron chi connectivity index (χ4n) is 6.06. The summed E-state index contributed by atoms with van der Waals surface area (Å²) in [4.78, 5) is 11.9. The van der Waals surface area contributed by atoms with Gasteiger partial charge in [-0.2, -0.15) is 0 Å². The number of hydrogen-bond donors (Lipinski definition) is 4. The number of hydrogen-bond acceptors (Lipinski definition) is 6. The predicted molar refractivity (Wildman–Crippen MR) is 152 cm³/mol. The SMILES string of the molecule is CS[C@H]1O[C@@H](c2ccc(C)c(Cc3ccc(CCCCCC4(C(N)=O)CCCC4)cc3)c2)[C@H](O)[C@@H](O)[C@@H]1O. The first-order valence-electron chi connectivity index (χ1n) is 13.9. The second kappa shape index (κ2) is 13.0. The van der Waals surface area contributed by atoms with Crippen molar-refractivity contribution in [2.45, 2.75) is 101 Å². The Morgan fingerprint density at radius 2 is 1.66 bits per heavy atom. The summed E-state index contributed by atoms with van der Waals surface area (Å²) >= 11 is 1.32. The molecule has 0 spiro atoms. The number of aliphatic hydroxyl groups is 3. The molecule has 2 aliphatic rings. The first-order chi connectivity index (χ1) is 18.2. The number of carbonyl (C=O) groups excluding carboxylic acids is 1. The lowest BCUT2D eigenvalue weighted by Crippen LogP contribution is -2.52. The van der Waals surface area contributed by atoms with Gasteiger partial charge in [0.05, 0.1) is 0 Å². The Bertz CT molecular complexity index is 1070. The lowest BCUT2D eigenvalue weighted by Gasteiger charge is -2.40. The number of benzene rings is 2. The van der Waals surface area contributed by atoms with Gasteiger partial charge in [0, 0.05) is 5.41 Å². The van der Waals surface area contributed by atoms with E-state index in [-0.39, 0.29) is 11.3 Å². The molecule has 5 N–H and O–H groups in total. The van der Waals surface area contributed by atoms with E-state index in [1.54, 1.807) is 0 Å². The molecule has 1 heterocycles. The molecule has 1 aliphatic heterocycles. The average molecular weight is 542 g/mol. The normalized spacial score (nSPS) is 26.9. The van der Waals surface area contributed by atoms with Crippen molar-refractivity contribution in [1.29, 1.82) is 0 Å². The van der Waals surface area contributed by atoms with Crippen LogP contribution in [0.1, 0.15) is 85.3 Å². The number of aryl methyl sites for hydroxylation is 2. The van der Waals surface area contributed by atoms with Crippen molar-refractivity contribution in [3.8, 4) is 0 Å². The van der Waals surface area contributed by atoms with Gasteiger partial charge in [-0.25, -0.2) is 0 Å². The number of ether oxygens (including phenoxy) is 1. The highest BCUT2D eigenvalue weighted by Gasteiger charge is 2.44. The van der Waals surface area contributed by atoms with Gasteiger partial charge in [-0.1, -0.05) is 68.1 Å². The monoisotopic (exact) mass is 541 g/mol. The van der Waals surface area contributed by atoms with Crippen LogP contribution < -0.4 is 5.73 Å². The molecule has 2 aromatic carbocycles. The number of nitrogens with two attached hydrogens (primary N) is 1. The van der Waals surface area contributed by atoms with Crippen LogP contribution >= 0.6 is 11.8 Å². The van der Waals surface area contributed by atoms with Crippen molar-refractivity contribution in [2.75, 3.05) is 6.26 Å². The molecule has 0 unspecified atom stereocenters. The molecule has 2 fully saturated rings. The Labute approximate surface area is 231 Å². The molecule has 0 aromatic heterocycles. The third-order valence-electron chi connectivity index (χ3n) is 8.63. The van der Waals surface area contributed by atoms with E-state index in [9.17, 15) is 20.1 Å². The fraction of sp³-hybridized carbons (Fsp3) is 0.581. The van der Waals surface area contributed by atoms with Gasteiger partial charge in [0.1, 0.15) is 29.9 Å². The molecule has 1 amide bonds. The Kier molecular flexibility index (Phi) is 9.93. The van der Waals surface area contributed by atoms with Gasteiger partial charge in [-0.05, 0) is 79.5 Å². The highest BCUT2D eigenvalue weighted by Crippen LogP contribution is 2.42. The zero-order valence-electron chi connectivity index (χ0n) is 22.6. The van der Waals surface area contributed by atoms with Crippen molar-refractivity contribution in [3.05, 3.63) is 70.3 Å². The maximum atomic E-state index is 11.9. The second-order valence-corrected chi connectivity index (χ2v) is 12.2. The summed E-state index contributed by atoms with van der Waals surface area (Å²) in [7, 11) is 0. The first kappa shape index (κ1) is 29.1. The number of thioether (sulfide) groups is 1. The molecule has 7 heteroatoms. The number of aliphatic hydroxyl groups excluding tert-OH is 3. The smallest absolute Gasteiger partial charge is 0.223 e. The number of amides is 1. The summed E-state index contributed by atoms with van der Waals surface area (Å²) in [5.74, 6) is -0.102. The molecule has 1 aliphatic carbocycles. The number of unbranched alkanes of at least 4 members (excludes halogenated alkanes) is 2. The van der Waals surface area contributed by atoms with E-state index in [0.717, 1.165) is 80.9 Å². The minimum atomic E-state index is -1.25. The minimum absolute atomic E-state index is 0.102. The Morgan fingerprint density at radius 3 is 2.32 bits per heavy atom. The molecule has 0 radical (unpaired) electrons. The van der Waals surface area contributed by atoms with E-state index in [0.29, 0.717) is 0 Å². The van der Waals surface area contributed by atoms with E-state index < -0.39 is 29.9 Å². The highest BCUT2D eigenvalue weighted by atomic mass is 32.2. The number of rotatable bonds is 11. The topological polar surface area (TPSA) is 113 Å². The summed E-state index contributed by atoms with van der Waals surface area (Å²) in [6.07, 6.45) is 7.72. The van der Waals surface area contributed by atoms with Crippen LogP contribution in [0.15, 0.2) is 42.5 Å². The lowest BCUT2D eigenvalue weighted by atomic mass is 9.80. The van der Waals surface area contributed by atoms with Crippen molar-refractivity contribution in [2.24, 2.45) is 11.1 Å². The number of carbonyl (C=O) groups is 1. The quantitative estimate of drug-likeness (QED) is 0.310. The Balaban J connectivity index is 1.31. The van der Waals surface area contributed by atoms with E-state index in [4.69, 9.17) is 10.5 Å². The van der Waals surface area contributed by atoms with E-state index in [1.165, 1.54) is 22.9 Å². The van der Waals surface area contributed by atoms with Gasteiger partial charge < -0.3 is 25.8 Å². The maximum Gasteiger partial charge on any atom is 0.223 e. The van der Waals surface area contributed by atoms with Crippen LogP contribution in [0.25, 0.3) is 0 Å². The van der Waals surface area contributed by atoms with Crippen LogP contribution in [-0.4, -0.2) is 51.2 Å². The predicted octanol–water partition coefficient (Wildman–Crippen LogP) is 4.58. The van der Waals surface area contributed by atoms with Crippen LogP contribution in [-0.2, 0) is 22.4 Å². The van der Waals surface area contributed by atoms with Crippen LogP contribution in [0.3, 0.4) is 0 Å². The molecule has 1 saturated heterocycles. The summed E-state index contributed by atoms with van der Waals surface area (Å²) in [6, 6.07) is 14.7. The van der Waals surface area contributed by atoms with E-state index in [1.807, 2.05) is 24.5 Å². The molecule has 1 saturated carbocycles. The standard InChI is InChI=1S/C31H43NO5S/c1-20-9-14-23(28-26(34)25(33)27(35)29(37-28)38-2)19-24(20)18-22-12-10-21(11-13-22)8-4-3-5-15-31(30(32)36)16-6-7-17-31/h9-14,19,25-29,33-35H,3-8,15-18H2,1-2H3,(H2,32,36)/t25-,26-,27+,28+,29-/m1/s1.